The molecule has 3 heteroatoms. The number of fused-ring (bicyclic) bond motifs is 2. The average molecular weight is 377 g/mol. The van der Waals surface area contributed by atoms with Crippen molar-refractivity contribution in [2.24, 2.45) is 0 Å². The molecule has 0 aromatic heterocycles. The zero-order chi connectivity index (χ0) is 19.8. The predicted molar refractivity (Wildman–Crippen MR) is 119 cm³/mol. The highest BCUT2D eigenvalue weighted by molar-refractivity contribution is 6.07. The van der Waals surface area contributed by atoms with E-state index in [1.54, 1.807) is 18.2 Å². The van der Waals surface area contributed by atoms with Crippen molar-refractivity contribution in [3.05, 3.63) is 97.1 Å². The van der Waals surface area contributed by atoms with Gasteiger partial charge in [0.05, 0.1) is 5.69 Å². The van der Waals surface area contributed by atoms with Gasteiger partial charge in [0, 0.05) is 11.6 Å². The van der Waals surface area contributed by atoms with Gasteiger partial charge < -0.3 is 15.6 Å². The lowest BCUT2D eigenvalue weighted by Crippen LogP contribution is -1.93. The van der Waals surface area contributed by atoms with Gasteiger partial charge in [0.15, 0.2) is 0 Å². The highest BCUT2D eigenvalue weighted by Gasteiger charge is 2.15. The third-order valence-corrected chi connectivity index (χ3v) is 5.18. The molecule has 0 heterocycles. The summed E-state index contributed by atoms with van der Waals surface area (Å²) in [5, 5.41) is 14.3. The fourth-order valence-electron chi connectivity index (χ4n) is 3.78. The lowest BCUT2D eigenvalue weighted by atomic mass is 9.93. The van der Waals surface area contributed by atoms with E-state index in [1.807, 2.05) is 24.3 Å². The smallest absolute Gasteiger partial charge is 0.138 e. The maximum absolute atomic E-state index is 9.72. The second-order valence-corrected chi connectivity index (χ2v) is 7.01. The van der Waals surface area contributed by atoms with E-state index in [9.17, 15) is 5.11 Å². The molecule has 0 bridgehead atoms. The predicted octanol–water partition coefficient (Wildman–Crippen LogP) is 6.74. The Bertz CT molecular complexity index is 1350. The van der Waals surface area contributed by atoms with Gasteiger partial charge in [-0.1, -0.05) is 72.8 Å². The number of hydrogen-bond donors (Lipinski definition) is 2. The fourth-order valence-corrected chi connectivity index (χ4v) is 3.78. The van der Waals surface area contributed by atoms with Crippen LogP contribution in [0.25, 0.3) is 32.7 Å². The molecule has 5 aromatic carbocycles. The molecule has 5 aromatic rings. The summed E-state index contributed by atoms with van der Waals surface area (Å²) in [5.41, 5.74) is 8.29. The molecule has 0 saturated heterocycles. The van der Waals surface area contributed by atoms with E-state index in [2.05, 4.69) is 54.6 Å². The van der Waals surface area contributed by atoms with Gasteiger partial charge in [0.1, 0.15) is 17.2 Å². The van der Waals surface area contributed by atoms with Crippen LogP contribution in [-0.2, 0) is 0 Å². The number of rotatable bonds is 3. The Labute approximate surface area is 168 Å². The quantitative estimate of drug-likeness (QED) is 0.270. The summed E-state index contributed by atoms with van der Waals surface area (Å²) >= 11 is 0. The van der Waals surface area contributed by atoms with Crippen molar-refractivity contribution in [3.63, 3.8) is 0 Å². The average Bonchev–Trinajstić information content (AvgIpc) is 2.76. The number of benzene rings is 5. The summed E-state index contributed by atoms with van der Waals surface area (Å²) in [6.07, 6.45) is 0. The van der Waals surface area contributed by atoms with Crippen molar-refractivity contribution in [3.8, 4) is 28.4 Å². The minimum Gasteiger partial charge on any atom is -0.506 e. The number of phenols is 1. The molecule has 5 rings (SSSR count). The first kappa shape index (κ1) is 17.1. The molecule has 0 aliphatic heterocycles. The standard InChI is InChI=1S/C26H19NO2/c27-23-16-19(13-14-24(23)28)29-25-15-12-18-7-2-4-10-21(18)26(25)22-11-5-8-17-6-1-3-9-20(17)22/h1-16,28H,27H2. The Hall–Kier alpha value is -3.98. The third-order valence-electron chi connectivity index (χ3n) is 5.18. The molecule has 0 radical (unpaired) electrons. The van der Waals surface area contributed by atoms with Crippen molar-refractivity contribution in [2.75, 3.05) is 5.73 Å². The Morgan fingerprint density at radius 1 is 0.655 bits per heavy atom. The van der Waals surface area contributed by atoms with Crippen LogP contribution < -0.4 is 10.5 Å². The molecule has 0 atom stereocenters. The van der Waals surface area contributed by atoms with Gasteiger partial charge >= 0.3 is 0 Å². The number of nitrogen functional groups attached to an aromatic ring is 1. The van der Waals surface area contributed by atoms with E-state index in [1.165, 1.54) is 10.8 Å². The minimum atomic E-state index is 0.0464. The van der Waals surface area contributed by atoms with Crippen LogP contribution in [-0.4, -0.2) is 5.11 Å². The van der Waals surface area contributed by atoms with Crippen LogP contribution in [0.15, 0.2) is 97.1 Å². The Balaban J connectivity index is 1.78. The van der Waals surface area contributed by atoms with E-state index < -0.39 is 0 Å². The summed E-state index contributed by atoms with van der Waals surface area (Å²) in [6, 6.07) is 31.9. The van der Waals surface area contributed by atoms with Crippen molar-refractivity contribution < 1.29 is 9.84 Å². The van der Waals surface area contributed by atoms with Crippen molar-refractivity contribution in [2.45, 2.75) is 0 Å². The lowest BCUT2D eigenvalue weighted by molar-refractivity contribution is 0.468. The molecule has 3 nitrogen and oxygen atoms in total. The molecule has 0 fully saturated rings. The molecule has 0 aliphatic carbocycles. The number of phenolic OH excluding ortho intramolecular Hbond substituents is 1. The summed E-state index contributed by atoms with van der Waals surface area (Å²) in [5.74, 6) is 1.37. The van der Waals surface area contributed by atoms with Crippen LogP contribution in [0.2, 0.25) is 0 Å². The zero-order valence-electron chi connectivity index (χ0n) is 15.7. The van der Waals surface area contributed by atoms with Crippen LogP contribution in [0.1, 0.15) is 0 Å². The molecule has 3 N–H and O–H groups in total. The van der Waals surface area contributed by atoms with Crippen molar-refractivity contribution in [1.82, 2.24) is 0 Å². The van der Waals surface area contributed by atoms with Crippen LogP contribution in [0.5, 0.6) is 17.2 Å². The van der Waals surface area contributed by atoms with E-state index in [0.717, 1.165) is 27.6 Å². The van der Waals surface area contributed by atoms with Crippen LogP contribution in [0.3, 0.4) is 0 Å². The summed E-state index contributed by atoms with van der Waals surface area (Å²) in [7, 11) is 0. The Morgan fingerprint density at radius 2 is 1.34 bits per heavy atom. The first-order valence-electron chi connectivity index (χ1n) is 9.47. The largest absolute Gasteiger partial charge is 0.506 e. The third kappa shape index (κ3) is 3.03. The van der Waals surface area contributed by atoms with Crippen LogP contribution in [0, 0.1) is 0 Å². The van der Waals surface area contributed by atoms with Gasteiger partial charge in [0.25, 0.3) is 0 Å². The summed E-state index contributed by atoms with van der Waals surface area (Å²) in [6.45, 7) is 0. The molecule has 0 aliphatic rings. The number of hydrogen-bond acceptors (Lipinski definition) is 3. The first-order valence-corrected chi connectivity index (χ1v) is 9.47. The Morgan fingerprint density at radius 3 is 2.14 bits per heavy atom. The lowest BCUT2D eigenvalue weighted by Gasteiger charge is -2.16. The number of nitrogens with two attached hydrogens (primary N) is 1. The highest BCUT2D eigenvalue weighted by Crippen LogP contribution is 2.42. The van der Waals surface area contributed by atoms with Gasteiger partial charge in [-0.2, -0.15) is 0 Å². The van der Waals surface area contributed by atoms with E-state index in [-0.39, 0.29) is 11.4 Å². The molecular weight excluding hydrogens is 358 g/mol. The second kappa shape index (κ2) is 6.88. The van der Waals surface area contributed by atoms with Crippen molar-refractivity contribution >= 4 is 27.2 Å². The maximum atomic E-state index is 9.72. The van der Waals surface area contributed by atoms with Gasteiger partial charge in [0.2, 0.25) is 0 Å². The molecular formula is C26H19NO2. The number of ether oxygens (including phenoxy) is 1. The summed E-state index contributed by atoms with van der Waals surface area (Å²) < 4.78 is 6.27. The van der Waals surface area contributed by atoms with Crippen molar-refractivity contribution in [1.29, 1.82) is 0 Å². The molecule has 29 heavy (non-hydrogen) atoms. The highest BCUT2D eigenvalue weighted by atomic mass is 16.5. The minimum absolute atomic E-state index is 0.0464. The molecule has 0 unspecified atom stereocenters. The summed E-state index contributed by atoms with van der Waals surface area (Å²) in [4.78, 5) is 0. The topological polar surface area (TPSA) is 55.5 Å². The molecule has 0 spiro atoms. The zero-order valence-corrected chi connectivity index (χ0v) is 15.7. The van der Waals surface area contributed by atoms with Gasteiger partial charge in [-0.15, -0.1) is 0 Å². The molecule has 0 amide bonds. The van der Waals surface area contributed by atoms with Gasteiger partial charge in [-0.3, -0.25) is 0 Å². The SMILES string of the molecule is Nc1cc(Oc2ccc3ccccc3c2-c2cccc3ccccc23)ccc1O. The van der Waals surface area contributed by atoms with E-state index in [0.29, 0.717) is 5.75 Å². The fraction of sp³-hybridized carbons (Fsp3) is 0. The van der Waals surface area contributed by atoms with E-state index in [4.69, 9.17) is 10.5 Å². The molecule has 0 saturated carbocycles. The van der Waals surface area contributed by atoms with E-state index >= 15 is 0 Å². The second-order valence-electron chi connectivity index (χ2n) is 7.01. The van der Waals surface area contributed by atoms with Gasteiger partial charge in [-0.05, 0) is 45.3 Å². The maximum Gasteiger partial charge on any atom is 0.138 e. The number of anilines is 1. The molecule has 140 valence electrons. The van der Waals surface area contributed by atoms with Crippen LogP contribution in [0.4, 0.5) is 5.69 Å². The Kier molecular flexibility index (Phi) is 4.07. The monoisotopic (exact) mass is 377 g/mol. The first-order chi connectivity index (χ1) is 14.2. The number of aromatic hydroxyl groups is 1. The van der Waals surface area contributed by atoms with Gasteiger partial charge in [-0.25, -0.2) is 0 Å². The van der Waals surface area contributed by atoms with Crippen LogP contribution >= 0.6 is 0 Å². The normalized spacial score (nSPS) is 11.0.